The SMILES string of the molecule is Cn1cc2c(C3CCC(O)CC3)ccc(Nc3nc(Nc4ccc(CP5(=O)OCCCO5)cc4)ncc3C(F)(F)F)c2c1O. The standard InChI is InChI=1S/C30H33F3N5O5P/c1-38-16-23-22(19-5-9-21(39)10-6-19)11-12-25(26(23)28(38)40)36-27-24(30(31,32)33)15-34-29(37-27)35-20-7-3-18(4-8-20)17-44(41)42-13-2-14-43-44/h3-4,7-8,11-12,15-16,19,21,39-40H,2,5-6,9-10,13-14,17H2,1H3,(H2,34,35,36,37). The number of rotatable bonds is 7. The maximum Gasteiger partial charge on any atom is 0.421 e. The highest BCUT2D eigenvalue weighted by Gasteiger charge is 2.36. The van der Waals surface area contributed by atoms with E-state index in [0.717, 1.165) is 29.4 Å². The van der Waals surface area contributed by atoms with E-state index >= 15 is 0 Å². The van der Waals surface area contributed by atoms with Crippen LogP contribution in [0, 0.1) is 0 Å². The molecule has 4 N–H and O–H groups in total. The van der Waals surface area contributed by atoms with Crippen molar-refractivity contribution in [3.8, 4) is 5.88 Å². The van der Waals surface area contributed by atoms with Crippen molar-refractivity contribution in [1.29, 1.82) is 0 Å². The molecule has 10 nitrogen and oxygen atoms in total. The summed E-state index contributed by atoms with van der Waals surface area (Å²) in [5.41, 5.74) is 1.40. The van der Waals surface area contributed by atoms with Gasteiger partial charge in [0.2, 0.25) is 11.8 Å². The van der Waals surface area contributed by atoms with Gasteiger partial charge in [-0.3, -0.25) is 4.57 Å². The Morgan fingerprint density at radius 3 is 2.43 bits per heavy atom. The van der Waals surface area contributed by atoms with Crippen molar-refractivity contribution >= 4 is 41.5 Å². The minimum Gasteiger partial charge on any atom is -0.494 e. The molecule has 0 bridgehead atoms. The Hall–Kier alpha value is -3.64. The molecular formula is C30H33F3N5O5P. The first kappa shape index (κ1) is 30.4. The number of aryl methyl sites for hydroxylation is 1. The first-order valence-corrected chi connectivity index (χ1v) is 16.2. The molecule has 0 radical (unpaired) electrons. The number of nitrogens with zero attached hydrogens (tertiary/aromatic N) is 3. The number of aliphatic hydroxyl groups is 1. The molecule has 0 atom stereocenters. The topological polar surface area (TPSA) is 131 Å². The summed E-state index contributed by atoms with van der Waals surface area (Å²) in [4.78, 5) is 8.06. The third kappa shape index (κ3) is 6.41. The fourth-order valence-electron chi connectivity index (χ4n) is 5.81. The first-order valence-electron chi connectivity index (χ1n) is 14.4. The fraction of sp³-hybridized carbons (Fsp3) is 0.400. The van der Waals surface area contributed by atoms with Crippen LogP contribution in [-0.4, -0.2) is 44.1 Å². The van der Waals surface area contributed by atoms with Crippen molar-refractivity contribution in [2.75, 3.05) is 23.8 Å². The zero-order valence-corrected chi connectivity index (χ0v) is 24.9. The van der Waals surface area contributed by atoms with Gasteiger partial charge in [0.05, 0.1) is 36.6 Å². The first-order chi connectivity index (χ1) is 21.0. The monoisotopic (exact) mass is 631 g/mol. The second-order valence-corrected chi connectivity index (χ2v) is 13.3. The average Bonchev–Trinajstić information content (AvgIpc) is 3.28. The van der Waals surface area contributed by atoms with Gasteiger partial charge < -0.3 is 34.5 Å². The number of alkyl halides is 3. The number of aromatic hydroxyl groups is 1. The maximum atomic E-state index is 14.1. The number of benzene rings is 2. The van der Waals surface area contributed by atoms with E-state index in [1.807, 2.05) is 6.07 Å². The predicted octanol–water partition coefficient (Wildman–Crippen LogP) is 7.33. The molecule has 0 amide bonds. The maximum absolute atomic E-state index is 14.1. The molecule has 1 saturated heterocycles. The number of fused-ring (bicyclic) bond motifs is 1. The number of anilines is 4. The smallest absolute Gasteiger partial charge is 0.421 e. The highest BCUT2D eigenvalue weighted by Crippen LogP contribution is 2.53. The molecule has 0 unspecified atom stereocenters. The fourth-order valence-corrected chi connectivity index (χ4v) is 7.54. The van der Waals surface area contributed by atoms with Crippen molar-refractivity contribution in [2.45, 2.75) is 56.5 Å². The number of hydrogen-bond acceptors (Lipinski definition) is 9. The summed E-state index contributed by atoms with van der Waals surface area (Å²) in [5, 5.41) is 27.7. The molecule has 6 rings (SSSR count). The lowest BCUT2D eigenvalue weighted by Crippen LogP contribution is -2.17. The van der Waals surface area contributed by atoms with Crippen LogP contribution in [0.4, 0.5) is 36.3 Å². The Morgan fingerprint density at radius 2 is 1.75 bits per heavy atom. The molecule has 3 heterocycles. The molecule has 44 heavy (non-hydrogen) atoms. The Kier molecular flexibility index (Phi) is 8.31. The van der Waals surface area contributed by atoms with E-state index in [1.165, 1.54) is 4.57 Å². The lowest BCUT2D eigenvalue weighted by atomic mass is 9.81. The Morgan fingerprint density at radius 1 is 1.05 bits per heavy atom. The van der Waals surface area contributed by atoms with E-state index in [9.17, 15) is 27.9 Å². The molecule has 14 heteroatoms. The number of aromatic nitrogens is 3. The quantitative estimate of drug-likeness (QED) is 0.155. The van der Waals surface area contributed by atoms with Crippen molar-refractivity contribution in [1.82, 2.24) is 14.5 Å². The highest BCUT2D eigenvalue weighted by molar-refractivity contribution is 7.53. The molecule has 1 aliphatic carbocycles. The molecule has 2 aliphatic rings. The van der Waals surface area contributed by atoms with Crippen LogP contribution in [0.1, 0.15) is 54.7 Å². The van der Waals surface area contributed by atoms with Crippen molar-refractivity contribution in [2.24, 2.45) is 7.05 Å². The van der Waals surface area contributed by atoms with Gasteiger partial charge in [0.25, 0.3) is 0 Å². The lowest BCUT2D eigenvalue weighted by molar-refractivity contribution is -0.137. The van der Waals surface area contributed by atoms with Gasteiger partial charge in [-0.25, -0.2) is 4.98 Å². The number of nitrogens with one attached hydrogen (secondary N) is 2. The van der Waals surface area contributed by atoms with Crippen LogP contribution in [0.25, 0.3) is 10.8 Å². The summed E-state index contributed by atoms with van der Waals surface area (Å²) >= 11 is 0. The summed E-state index contributed by atoms with van der Waals surface area (Å²) < 4.78 is 67.1. The Labute approximate surface area is 251 Å². The summed E-state index contributed by atoms with van der Waals surface area (Å²) in [6.07, 6.45) is 1.09. The normalized spacial score (nSPS) is 20.5. The van der Waals surface area contributed by atoms with E-state index in [0.29, 0.717) is 49.7 Å². The summed E-state index contributed by atoms with van der Waals surface area (Å²) in [5.74, 6) is -0.486. The minimum absolute atomic E-state index is 0.0779. The van der Waals surface area contributed by atoms with Gasteiger partial charge in [0.1, 0.15) is 11.4 Å². The molecule has 2 fully saturated rings. The predicted molar refractivity (Wildman–Crippen MR) is 160 cm³/mol. The van der Waals surface area contributed by atoms with Crippen LogP contribution in [-0.2, 0) is 33.0 Å². The average molecular weight is 632 g/mol. The van der Waals surface area contributed by atoms with Crippen molar-refractivity contribution in [3.63, 3.8) is 0 Å². The number of aliphatic hydroxyl groups excluding tert-OH is 1. The third-order valence-corrected chi connectivity index (χ3v) is 10.00. The Bertz CT molecular complexity index is 1690. The zero-order chi connectivity index (χ0) is 31.1. The summed E-state index contributed by atoms with van der Waals surface area (Å²) in [6.45, 7) is 0.757. The van der Waals surface area contributed by atoms with Crippen molar-refractivity contribution < 1.29 is 37.0 Å². The van der Waals surface area contributed by atoms with Gasteiger partial charge >= 0.3 is 13.8 Å². The molecule has 2 aromatic heterocycles. The second-order valence-electron chi connectivity index (χ2n) is 11.2. The van der Waals surface area contributed by atoms with Gasteiger partial charge in [-0.2, -0.15) is 18.2 Å². The van der Waals surface area contributed by atoms with E-state index in [2.05, 4.69) is 20.6 Å². The van der Waals surface area contributed by atoms with E-state index < -0.39 is 25.2 Å². The van der Waals surface area contributed by atoms with Gasteiger partial charge in [-0.15, -0.1) is 0 Å². The van der Waals surface area contributed by atoms with Crippen LogP contribution < -0.4 is 10.6 Å². The van der Waals surface area contributed by atoms with Crippen LogP contribution in [0.2, 0.25) is 0 Å². The molecular weight excluding hydrogens is 598 g/mol. The number of halogens is 3. The van der Waals surface area contributed by atoms with Crippen LogP contribution in [0.5, 0.6) is 5.88 Å². The largest absolute Gasteiger partial charge is 0.494 e. The Balaban J connectivity index is 1.28. The molecule has 1 aliphatic heterocycles. The van der Waals surface area contributed by atoms with Crippen LogP contribution in [0.15, 0.2) is 48.8 Å². The molecule has 0 spiro atoms. The molecule has 234 valence electrons. The zero-order valence-electron chi connectivity index (χ0n) is 24.0. The van der Waals surface area contributed by atoms with Gasteiger partial charge in [0.15, 0.2) is 0 Å². The van der Waals surface area contributed by atoms with Crippen LogP contribution >= 0.6 is 7.60 Å². The van der Waals surface area contributed by atoms with E-state index in [1.54, 1.807) is 43.6 Å². The van der Waals surface area contributed by atoms with Gasteiger partial charge in [0, 0.05) is 30.5 Å². The molecule has 1 saturated carbocycles. The molecule has 2 aromatic carbocycles. The van der Waals surface area contributed by atoms with Gasteiger partial charge in [-0.05, 0) is 67.3 Å². The summed E-state index contributed by atoms with van der Waals surface area (Å²) in [7, 11) is -1.53. The van der Waals surface area contributed by atoms with Gasteiger partial charge in [-0.1, -0.05) is 18.2 Å². The lowest BCUT2D eigenvalue weighted by Gasteiger charge is -2.26. The van der Waals surface area contributed by atoms with Crippen molar-refractivity contribution in [3.05, 3.63) is 65.5 Å². The molecule has 4 aromatic rings. The third-order valence-electron chi connectivity index (χ3n) is 8.09. The number of hydrogen-bond donors (Lipinski definition) is 4. The van der Waals surface area contributed by atoms with E-state index in [-0.39, 0.29) is 35.7 Å². The minimum atomic E-state index is -4.75. The van der Waals surface area contributed by atoms with E-state index in [4.69, 9.17) is 9.05 Å². The summed E-state index contributed by atoms with van der Waals surface area (Å²) in [6, 6.07) is 10.3. The highest BCUT2D eigenvalue weighted by atomic mass is 31.2. The van der Waals surface area contributed by atoms with Crippen LogP contribution in [0.3, 0.4) is 0 Å². The second kappa shape index (κ2) is 12.0.